The largest absolute Gasteiger partial charge is 0.481 e. The lowest BCUT2D eigenvalue weighted by atomic mass is 10.0. The van der Waals surface area contributed by atoms with Gasteiger partial charge in [0.15, 0.2) is 0 Å². The highest BCUT2D eigenvalue weighted by Crippen LogP contribution is 2.48. The third-order valence-electron chi connectivity index (χ3n) is 3.13. The SMILES string of the molecule is CC(C(=O)O)c1ccc2c(c1)Sc1ccccc1S2. The zero-order valence-electron chi connectivity index (χ0n) is 10.3. The minimum absolute atomic E-state index is 0.465. The van der Waals surface area contributed by atoms with Crippen molar-refractivity contribution in [2.24, 2.45) is 0 Å². The summed E-state index contributed by atoms with van der Waals surface area (Å²) in [6.45, 7) is 1.72. The second kappa shape index (κ2) is 4.94. The minimum Gasteiger partial charge on any atom is -0.481 e. The molecule has 1 aliphatic heterocycles. The van der Waals surface area contributed by atoms with Gasteiger partial charge in [0, 0.05) is 19.6 Å². The van der Waals surface area contributed by atoms with E-state index in [4.69, 9.17) is 5.11 Å². The molecule has 19 heavy (non-hydrogen) atoms. The number of carboxylic acids is 1. The second-order valence-corrected chi connectivity index (χ2v) is 6.58. The molecule has 1 heterocycles. The van der Waals surface area contributed by atoms with Gasteiger partial charge in [0.25, 0.3) is 0 Å². The van der Waals surface area contributed by atoms with Crippen LogP contribution in [0.2, 0.25) is 0 Å². The Balaban J connectivity index is 1.98. The van der Waals surface area contributed by atoms with Gasteiger partial charge in [-0.1, -0.05) is 41.7 Å². The van der Waals surface area contributed by atoms with Gasteiger partial charge in [0.2, 0.25) is 0 Å². The fourth-order valence-electron chi connectivity index (χ4n) is 1.96. The van der Waals surface area contributed by atoms with Crippen molar-refractivity contribution in [2.45, 2.75) is 32.4 Å². The average molecular weight is 288 g/mol. The highest BCUT2D eigenvalue weighted by atomic mass is 32.2. The van der Waals surface area contributed by atoms with Gasteiger partial charge in [0.1, 0.15) is 0 Å². The van der Waals surface area contributed by atoms with E-state index in [9.17, 15) is 4.79 Å². The predicted octanol–water partition coefficient (Wildman–Crippen LogP) is 4.49. The Morgan fingerprint density at radius 3 is 2.21 bits per heavy atom. The molecule has 1 unspecified atom stereocenters. The third kappa shape index (κ3) is 2.38. The van der Waals surface area contributed by atoms with Crippen LogP contribution in [0.25, 0.3) is 0 Å². The number of benzene rings is 2. The summed E-state index contributed by atoms with van der Waals surface area (Å²) < 4.78 is 0. The Labute approximate surface area is 120 Å². The van der Waals surface area contributed by atoms with Crippen molar-refractivity contribution < 1.29 is 9.90 Å². The van der Waals surface area contributed by atoms with Crippen LogP contribution in [-0.2, 0) is 4.79 Å². The van der Waals surface area contributed by atoms with E-state index in [-0.39, 0.29) is 0 Å². The number of hydrogen-bond acceptors (Lipinski definition) is 3. The van der Waals surface area contributed by atoms with Gasteiger partial charge in [0.05, 0.1) is 5.92 Å². The summed E-state index contributed by atoms with van der Waals surface area (Å²) in [7, 11) is 0. The number of carboxylic acid groups (broad SMARTS) is 1. The summed E-state index contributed by atoms with van der Waals surface area (Å²) in [5.74, 6) is -1.25. The molecule has 0 aromatic heterocycles. The summed E-state index contributed by atoms with van der Waals surface area (Å²) in [4.78, 5) is 15.9. The monoisotopic (exact) mass is 288 g/mol. The predicted molar refractivity (Wildman–Crippen MR) is 77.2 cm³/mol. The maximum atomic E-state index is 11.1. The first-order valence-corrected chi connectivity index (χ1v) is 7.60. The van der Waals surface area contributed by atoms with Gasteiger partial charge in [-0.15, -0.1) is 0 Å². The molecule has 2 aromatic carbocycles. The maximum absolute atomic E-state index is 11.1. The van der Waals surface area contributed by atoms with E-state index in [1.165, 1.54) is 14.7 Å². The van der Waals surface area contributed by atoms with E-state index in [0.29, 0.717) is 0 Å². The highest BCUT2D eigenvalue weighted by molar-refractivity contribution is 8.05. The summed E-state index contributed by atoms with van der Waals surface area (Å²) in [6.07, 6.45) is 0. The molecule has 0 fully saturated rings. The van der Waals surface area contributed by atoms with Crippen molar-refractivity contribution >= 4 is 29.5 Å². The Morgan fingerprint density at radius 1 is 1.00 bits per heavy atom. The van der Waals surface area contributed by atoms with Crippen LogP contribution < -0.4 is 0 Å². The van der Waals surface area contributed by atoms with Crippen LogP contribution in [0.1, 0.15) is 18.4 Å². The lowest BCUT2D eigenvalue weighted by Gasteiger charge is -2.19. The van der Waals surface area contributed by atoms with Crippen molar-refractivity contribution in [1.29, 1.82) is 0 Å². The quantitative estimate of drug-likeness (QED) is 0.754. The fraction of sp³-hybridized carbons (Fsp3) is 0.133. The van der Waals surface area contributed by atoms with E-state index in [2.05, 4.69) is 12.1 Å². The van der Waals surface area contributed by atoms with Crippen LogP contribution in [0.3, 0.4) is 0 Å². The molecule has 96 valence electrons. The Bertz CT molecular complexity index is 652. The number of aliphatic carboxylic acids is 1. The van der Waals surface area contributed by atoms with Gasteiger partial charge in [-0.2, -0.15) is 0 Å². The standard InChI is InChI=1S/C15H12O2S2/c1-9(15(16)17)10-6-7-13-14(8-10)19-12-5-3-2-4-11(12)18-13/h2-9H,1H3,(H,16,17). The average Bonchev–Trinajstić information content (AvgIpc) is 2.43. The molecule has 0 spiro atoms. The normalized spacial score (nSPS) is 14.4. The molecule has 0 aliphatic carbocycles. The zero-order valence-corrected chi connectivity index (χ0v) is 11.9. The summed E-state index contributed by atoms with van der Waals surface area (Å²) in [6, 6.07) is 14.2. The molecule has 0 bridgehead atoms. The summed E-state index contributed by atoms with van der Waals surface area (Å²) >= 11 is 3.46. The molecule has 0 radical (unpaired) electrons. The molecule has 0 saturated heterocycles. The van der Waals surface area contributed by atoms with Gasteiger partial charge in [-0.3, -0.25) is 4.79 Å². The molecule has 3 rings (SSSR count). The van der Waals surface area contributed by atoms with E-state index < -0.39 is 11.9 Å². The van der Waals surface area contributed by atoms with Gasteiger partial charge in [-0.25, -0.2) is 0 Å². The number of hydrogen-bond donors (Lipinski definition) is 1. The minimum atomic E-state index is -0.784. The van der Waals surface area contributed by atoms with Crippen molar-refractivity contribution in [3.05, 3.63) is 48.0 Å². The lowest BCUT2D eigenvalue weighted by Crippen LogP contribution is -2.07. The third-order valence-corrected chi connectivity index (χ3v) is 5.67. The molecule has 0 amide bonds. The van der Waals surface area contributed by atoms with E-state index >= 15 is 0 Å². The second-order valence-electron chi connectivity index (χ2n) is 4.42. The fourth-order valence-corrected chi connectivity index (χ4v) is 4.22. The van der Waals surface area contributed by atoms with E-state index in [1.54, 1.807) is 30.4 Å². The Morgan fingerprint density at radius 2 is 1.58 bits per heavy atom. The molecule has 2 aromatic rings. The number of carbonyl (C=O) groups is 1. The first kappa shape index (κ1) is 12.6. The Kier molecular flexibility index (Phi) is 3.29. The van der Waals surface area contributed by atoms with Crippen LogP contribution in [0.15, 0.2) is 62.0 Å². The van der Waals surface area contributed by atoms with Gasteiger partial charge < -0.3 is 5.11 Å². The molecule has 0 saturated carbocycles. The molecule has 4 heteroatoms. The lowest BCUT2D eigenvalue weighted by molar-refractivity contribution is -0.138. The topological polar surface area (TPSA) is 37.3 Å². The molecular formula is C15H12O2S2. The van der Waals surface area contributed by atoms with E-state index in [1.807, 2.05) is 30.3 Å². The molecule has 2 nitrogen and oxygen atoms in total. The Hall–Kier alpha value is -1.39. The van der Waals surface area contributed by atoms with Crippen LogP contribution in [0.4, 0.5) is 0 Å². The van der Waals surface area contributed by atoms with Crippen molar-refractivity contribution in [1.82, 2.24) is 0 Å². The summed E-state index contributed by atoms with van der Waals surface area (Å²) in [5, 5.41) is 9.09. The van der Waals surface area contributed by atoms with Crippen molar-refractivity contribution in [2.75, 3.05) is 0 Å². The van der Waals surface area contributed by atoms with Crippen LogP contribution >= 0.6 is 23.5 Å². The first-order valence-electron chi connectivity index (χ1n) is 5.96. The molecule has 1 aliphatic rings. The molecular weight excluding hydrogens is 276 g/mol. The molecule has 1 N–H and O–H groups in total. The van der Waals surface area contributed by atoms with Crippen LogP contribution in [0.5, 0.6) is 0 Å². The smallest absolute Gasteiger partial charge is 0.310 e. The maximum Gasteiger partial charge on any atom is 0.310 e. The van der Waals surface area contributed by atoms with Crippen molar-refractivity contribution in [3.63, 3.8) is 0 Å². The summed E-state index contributed by atoms with van der Waals surface area (Å²) in [5.41, 5.74) is 0.860. The van der Waals surface area contributed by atoms with Gasteiger partial charge >= 0.3 is 5.97 Å². The van der Waals surface area contributed by atoms with Crippen molar-refractivity contribution in [3.8, 4) is 0 Å². The van der Waals surface area contributed by atoms with Crippen LogP contribution in [-0.4, -0.2) is 11.1 Å². The zero-order chi connectivity index (χ0) is 13.4. The number of rotatable bonds is 2. The first-order chi connectivity index (χ1) is 9.15. The number of fused-ring (bicyclic) bond motifs is 2. The molecule has 1 atom stereocenters. The highest BCUT2D eigenvalue weighted by Gasteiger charge is 2.20. The van der Waals surface area contributed by atoms with Crippen LogP contribution in [0, 0.1) is 0 Å². The van der Waals surface area contributed by atoms with E-state index in [0.717, 1.165) is 10.5 Å². The van der Waals surface area contributed by atoms with Gasteiger partial charge in [-0.05, 0) is 36.8 Å².